The van der Waals surface area contributed by atoms with Gasteiger partial charge in [0.2, 0.25) is 0 Å². The lowest BCUT2D eigenvalue weighted by atomic mass is 10.1. The van der Waals surface area contributed by atoms with Gasteiger partial charge in [0.1, 0.15) is 0 Å². The van der Waals surface area contributed by atoms with E-state index in [1.807, 2.05) is 0 Å². The Balaban J connectivity index is 0.000000720. The van der Waals surface area contributed by atoms with Gasteiger partial charge in [0.25, 0.3) is 0 Å². The maximum atomic E-state index is 3.49. The Morgan fingerprint density at radius 1 is 1.17 bits per heavy atom. The van der Waals surface area contributed by atoms with Crippen molar-refractivity contribution in [3.05, 3.63) is 0 Å². The Labute approximate surface area is 81.1 Å². The highest BCUT2D eigenvalue weighted by atomic mass is 35.5. The fourth-order valence-corrected chi connectivity index (χ4v) is 2.66. The Morgan fingerprint density at radius 2 is 1.67 bits per heavy atom. The SMILES string of the molecule is CC(C)N1C2CCC1CNC2.Cl. The van der Waals surface area contributed by atoms with E-state index in [0.717, 1.165) is 18.1 Å². The number of nitrogens with zero attached hydrogens (tertiary/aromatic N) is 1. The highest BCUT2D eigenvalue weighted by Gasteiger charge is 2.37. The molecule has 3 heteroatoms. The van der Waals surface area contributed by atoms with Crippen LogP contribution in [0, 0.1) is 0 Å². The zero-order valence-corrected chi connectivity index (χ0v) is 8.73. The van der Waals surface area contributed by atoms with Gasteiger partial charge in [-0.05, 0) is 26.7 Å². The molecular weight excluding hydrogens is 172 g/mol. The highest BCUT2D eigenvalue weighted by Crippen LogP contribution is 2.28. The van der Waals surface area contributed by atoms with Gasteiger partial charge in [-0.3, -0.25) is 4.90 Å². The molecule has 0 aliphatic carbocycles. The molecule has 0 spiro atoms. The zero-order chi connectivity index (χ0) is 7.84. The molecule has 2 atom stereocenters. The molecule has 2 nitrogen and oxygen atoms in total. The van der Waals surface area contributed by atoms with Gasteiger partial charge in [-0.2, -0.15) is 0 Å². The van der Waals surface area contributed by atoms with Crippen molar-refractivity contribution in [1.82, 2.24) is 10.2 Å². The normalized spacial score (nSPS) is 35.2. The van der Waals surface area contributed by atoms with E-state index in [1.165, 1.54) is 25.9 Å². The van der Waals surface area contributed by atoms with Crippen LogP contribution in [0.3, 0.4) is 0 Å². The molecule has 0 amide bonds. The van der Waals surface area contributed by atoms with E-state index >= 15 is 0 Å². The number of piperazine rings is 1. The molecule has 0 saturated carbocycles. The average Bonchev–Trinajstić information content (AvgIpc) is 2.23. The number of halogens is 1. The Morgan fingerprint density at radius 3 is 2.00 bits per heavy atom. The summed E-state index contributed by atoms with van der Waals surface area (Å²) in [5, 5.41) is 3.49. The van der Waals surface area contributed by atoms with Gasteiger partial charge in [-0.15, -0.1) is 12.4 Å². The Hall–Kier alpha value is 0.210. The van der Waals surface area contributed by atoms with Gasteiger partial charge in [0.15, 0.2) is 0 Å². The van der Waals surface area contributed by atoms with Crippen molar-refractivity contribution < 1.29 is 0 Å². The van der Waals surface area contributed by atoms with E-state index in [1.54, 1.807) is 0 Å². The molecule has 0 aromatic heterocycles. The summed E-state index contributed by atoms with van der Waals surface area (Å²) in [6.45, 7) is 7.07. The molecule has 0 aromatic rings. The first kappa shape index (κ1) is 10.3. The Bertz CT molecular complexity index is 133. The Kier molecular flexibility index (Phi) is 3.38. The van der Waals surface area contributed by atoms with Gasteiger partial charge in [-0.1, -0.05) is 0 Å². The van der Waals surface area contributed by atoms with Crippen LogP contribution in [-0.4, -0.2) is 36.1 Å². The second-order valence-electron chi connectivity index (χ2n) is 4.08. The van der Waals surface area contributed by atoms with Gasteiger partial charge in [0, 0.05) is 31.2 Å². The van der Waals surface area contributed by atoms with Crippen molar-refractivity contribution in [3.8, 4) is 0 Å². The molecule has 12 heavy (non-hydrogen) atoms. The van der Waals surface area contributed by atoms with Crippen LogP contribution in [0.25, 0.3) is 0 Å². The minimum absolute atomic E-state index is 0. The van der Waals surface area contributed by atoms with E-state index < -0.39 is 0 Å². The second kappa shape index (κ2) is 3.95. The number of hydrogen-bond acceptors (Lipinski definition) is 2. The zero-order valence-electron chi connectivity index (χ0n) is 7.92. The molecule has 1 N–H and O–H groups in total. The number of fused-ring (bicyclic) bond motifs is 2. The van der Waals surface area contributed by atoms with Crippen LogP contribution < -0.4 is 5.32 Å². The molecule has 2 aliphatic rings. The molecule has 2 aliphatic heterocycles. The lowest BCUT2D eigenvalue weighted by Crippen LogP contribution is -2.54. The molecule has 0 radical (unpaired) electrons. The van der Waals surface area contributed by atoms with Crippen LogP contribution in [0.15, 0.2) is 0 Å². The third-order valence-electron chi connectivity index (χ3n) is 3.03. The van der Waals surface area contributed by atoms with Gasteiger partial charge >= 0.3 is 0 Å². The summed E-state index contributed by atoms with van der Waals surface area (Å²) in [5.74, 6) is 0. The van der Waals surface area contributed by atoms with E-state index in [9.17, 15) is 0 Å². The van der Waals surface area contributed by atoms with Crippen molar-refractivity contribution in [1.29, 1.82) is 0 Å². The van der Waals surface area contributed by atoms with E-state index in [-0.39, 0.29) is 12.4 Å². The first-order valence-electron chi connectivity index (χ1n) is 4.77. The molecule has 72 valence electrons. The second-order valence-corrected chi connectivity index (χ2v) is 4.08. The fourth-order valence-electron chi connectivity index (χ4n) is 2.66. The minimum Gasteiger partial charge on any atom is -0.314 e. The molecule has 2 rings (SSSR count). The van der Waals surface area contributed by atoms with E-state index in [2.05, 4.69) is 24.1 Å². The van der Waals surface area contributed by atoms with Crippen LogP contribution in [-0.2, 0) is 0 Å². The predicted molar refractivity (Wildman–Crippen MR) is 53.9 cm³/mol. The smallest absolute Gasteiger partial charge is 0.0227 e. The molecule has 2 saturated heterocycles. The lowest BCUT2D eigenvalue weighted by molar-refractivity contribution is 0.116. The first-order chi connectivity index (χ1) is 5.29. The van der Waals surface area contributed by atoms with Crippen LogP contribution in [0.5, 0.6) is 0 Å². The summed E-state index contributed by atoms with van der Waals surface area (Å²) < 4.78 is 0. The maximum Gasteiger partial charge on any atom is 0.0227 e. The molecule has 2 bridgehead atoms. The van der Waals surface area contributed by atoms with Crippen molar-refractivity contribution in [2.45, 2.75) is 44.8 Å². The van der Waals surface area contributed by atoms with Crippen LogP contribution in [0.4, 0.5) is 0 Å². The number of rotatable bonds is 1. The van der Waals surface area contributed by atoms with Gasteiger partial charge in [0.05, 0.1) is 0 Å². The third kappa shape index (κ3) is 1.61. The van der Waals surface area contributed by atoms with Crippen molar-refractivity contribution in [2.75, 3.05) is 13.1 Å². The number of nitrogens with one attached hydrogen (secondary N) is 1. The van der Waals surface area contributed by atoms with E-state index in [4.69, 9.17) is 0 Å². The predicted octanol–water partition coefficient (Wildman–Crippen LogP) is 1.25. The van der Waals surface area contributed by atoms with Gasteiger partial charge in [-0.25, -0.2) is 0 Å². The summed E-state index contributed by atoms with van der Waals surface area (Å²) in [4.78, 5) is 2.69. The lowest BCUT2D eigenvalue weighted by Gasteiger charge is -2.38. The summed E-state index contributed by atoms with van der Waals surface area (Å²) in [5.41, 5.74) is 0. The molecule has 2 heterocycles. The van der Waals surface area contributed by atoms with Gasteiger partial charge < -0.3 is 5.32 Å². The molecular formula is C9H19ClN2. The summed E-state index contributed by atoms with van der Waals surface area (Å²) in [6.07, 6.45) is 2.83. The quantitative estimate of drug-likeness (QED) is 0.670. The topological polar surface area (TPSA) is 15.3 Å². The van der Waals surface area contributed by atoms with Crippen molar-refractivity contribution in [2.24, 2.45) is 0 Å². The molecule has 0 aromatic carbocycles. The van der Waals surface area contributed by atoms with Crippen LogP contribution in [0.1, 0.15) is 26.7 Å². The van der Waals surface area contributed by atoms with Crippen molar-refractivity contribution in [3.63, 3.8) is 0 Å². The molecule has 2 unspecified atom stereocenters. The third-order valence-corrected chi connectivity index (χ3v) is 3.03. The fraction of sp³-hybridized carbons (Fsp3) is 1.00. The highest BCUT2D eigenvalue weighted by molar-refractivity contribution is 5.85. The summed E-state index contributed by atoms with van der Waals surface area (Å²) >= 11 is 0. The minimum atomic E-state index is 0. The number of hydrogen-bond donors (Lipinski definition) is 1. The summed E-state index contributed by atoms with van der Waals surface area (Å²) in [6, 6.07) is 2.43. The molecule has 2 fully saturated rings. The summed E-state index contributed by atoms with van der Waals surface area (Å²) in [7, 11) is 0. The largest absolute Gasteiger partial charge is 0.314 e. The van der Waals surface area contributed by atoms with Crippen LogP contribution in [0.2, 0.25) is 0 Å². The standard InChI is InChI=1S/C9H18N2.ClH/c1-7(2)11-8-3-4-9(11)6-10-5-8;/h7-10H,3-6H2,1-2H3;1H. The average molecular weight is 191 g/mol. The maximum absolute atomic E-state index is 3.49. The monoisotopic (exact) mass is 190 g/mol. The van der Waals surface area contributed by atoms with Crippen molar-refractivity contribution >= 4 is 12.4 Å². The van der Waals surface area contributed by atoms with E-state index in [0.29, 0.717) is 0 Å². The first-order valence-corrected chi connectivity index (χ1v) is 4.77. The van der Waals surface area contributed by atoms with Crippen LogP contribution >= 0.6 is 12.4 Å².